The van der Waals surface area contributed by atoms with Gasteiger partial charge < -0.3 is 4.74 Å². The van der Waals surface area contributed by atoms with Gasteiger partial charge in [-0.05, 0) is 29.8 Å². The molecular formula is C22H17N3O3S. The monoisotopic (exact) mass is 403 g/mol. The molecule has 0 aliphatic heterocycles. The zero-order valence-corrected chi connectivity index (χ0v) is 16.1. The number of benzene rings is 3. The predicted molar refractivity (Wildman–Crippen MR) is 111 cm³/mol. The third-order valence-corrected chi connectivity index (χ3v) is 5.42. The van der Waals surface area contributed by atoms with Gasteiger partial charge in [0.2, 0.25) is 11.8 Å². The number of aromatic nitrogens is 2. The molecule has 4 aromatic rings. The zero-order valence-electron chi connectivity index (χ0n) is 15.3. The van der Waals surface area contributed by atoms with Gasteiger partial charge in [-0.2, -0.15) is 4.98 Å². The van der Waals surface area contributed by atoms with E-state index in [2.05, 4.69) is 14.7 Å². The molecule has 1 N–H and O–H groups in total. The highest BCUT2D eigenvalue weighted by molar-refractivity contribution is 7.92. The Morgan fingerprint density at radius 1 is 0.759 bits per heavy atom. The number of ether oxygens (including phenoxy) is 1. The molecule has 0 bridgehead atoms. The van der Waals surface area contributed by atoms with Gasteiger partial charge in [-0.3, -0.25) is 0 Å². The Balaban J connectivity index is 1.72. The van der Waals surface area contributed by atoms with E-state index in [9.17, 15) is 8.42 Å². The number of para-hydroxylation sites is 1. The number of nitrogens with zero attached hydrogens (tertiary/aromatic N) is 2. The lowest BCUT2D eigenvalue weighted by Gasteiger charge is -2.12. The van der Waals surface area contributed by atoms with E-state index in [1.54, 1.807) is 36.5 Å². The van der Waals surface area contributed by atoms with Crippen LogP contribution in [0.5, 0.6) is 11.6 Å². The SMILES string of the molecule is O=S(=O)(Nc1ncc(-c2ccccc2)c(Oc2ccccc2)n1)c1ccccc1. The van der Waals surface area contributed by atoms with Gasteiger partial charge in [0.15, 0.2) is 0 Å². The predicted octanol–water partition coefficient (Wildman–Crippen LogP) is 4.74. The van der Waals surface area contributed by atoms with Gasteiger partial charge >= 0.3 is 0 Å². The fraction of sp³-hybridized carbons (Fsp3) is 0. The molecule has 3 aromatic carbocycles. The van der Waals surface area contributed by atoms with Crippen LogP contribution in [0.25, 0.3) is 11.1 Å². The van der Waals surface area contributed by atoms with Crippen LogP contribution in [0, 0.1) is 0 Å². The number of sulfonamides is 1. The third kappa shape index (κ3) is 4.41. The van der Waals surface area contributed by atoms with Crippen LogP contribution in [-0.2, 0) is 10.0 Å². The summed E-state index contributed by atoms with van der Waals surface area (Å²) in [6.45, 7) is 0. The Morgan fingerprint density at radius 2 is 1.34 bits per heavy atom. The third-order valence-electron chi connectivity index (χ3n) is 4.08. The maximum Gasteiger partial charge on any atom is 0.264 e. The first kappa shape index (κ1) is 18.6. The quantitative estimate of drug-likeness (QED) is 0.503. The van der Waals surface area contributed by atoms with E-state index in [0.29, 0.717) is 11.3 Å². The highest BCUT2D eigenvalue weighted by Crippen LogP contribution is 2.32. The van der Waals surface area contributed by atoms with Crippen LogP contribution in [0.2, 0.25) is 0 Å². The highest BCUT2D eigenvalue weighted by Gasteiger charge is 2.18. The molecule has 0 aliphatic carbocycles. The molecule has 4 rings (SSSR count). The fourth-order valence-electron chi connectivity index (χ4n) is 2.69. The zero-order chi connectivity index (χ0) is 20.1. The van der Waals surface area contributed by atoms with Crippen LogP contribution < -0.4 is 9.46 Å². The second-order valence-corrected chi connectivity index (χ2v) is 7.79. The summed E-state index contributed by atoms with van der Waals surface area (Å²) in [6.07, 6.45) is 1.55. The van der Waals surface area contributed by atoms with Crippen molar-refractivity contribution in [3.05, 3.63) is 97.2 Å². The molecular weight excluding hydrogens is 386 g/mol. The Morgan fingerprint density at radius 3 is 2.00 bits per heavy atom. The number of anilines is 1. The van der Waals surface area contributed by atoms with Gasteiger partial charge in [-0.1, -0.05) is 66.7 Å². The van der Waals surface area contributed by atoms with Gasteiger partial charge in [0.1, 0.15) is 5.75 Å². The number of hydrogen-bond donors (Lipinski definition) is 1. The van der Waals surface area contributed by atoms with Crippen LogP contribution in [0.15, 0.2) is 102 Å². The first-order valence-electron chi connectivity index (χ1n) is 8.85. The second kappa shape index (κ2) is 8.12. The molecule has 0 spiro atoms. The summed E-state index contributed by atoms with van der Waals surface area (Å²) >= 11 is 0. The summed E-state index contributed by atoms with van der Waals surface area (Å²) in [5, 5.41) is 0. The van der Waals surface area contributed by atoms with Crippen molar-refractivity contribution >= 4 is 16.0 Å². The standard InChI is InChI=1S/C22H17N3O3S/c26-29(27,19-14-8-3-9-15-19)25-22-23-16-20(17-10-4-1-5-11-17)21(24-22)28-18-12-6-2-7-13-18/h1-16H,(H,23,24,25). The molecule has 0 aliphatic rings. The van der Waals surface area contributed by atoms with E-state index in [4.69, 9.17) is 4.74 Å². The Kier molecular flexibility index (Phi) is 5.22. The molecule has 0 atom stereocenters. The normalized spacial score (nSPS) is 11.0. The molecule has 0 radical (unpaired) electrons. The van der Waals surface area contributed by atoms with E-state index in [1.165, 1.54) is 12.1 Å². The molecule has 1 aromatic heterocycles. The van der Waals surface area contributed by atoms with Crippen LogP contribution in [0.3, 0.4) is 0 Å². The maximum absolute atomic E-state index is 12.6. The van der Waals surface area contributed by atoms with Crippen LogP contribution in [-0.4, -0.2) is 18.4 Å². The summed E-state index contributed by atoms with van der Waals surface area (Å²) in [4.78, 5) is 8.64. The molecule has 0 fully saturated rings. The summed E-state index contributed by atoms with van der Waals surface area (Å²) in [6, 6.07) is 26.7. The number of nitrogens with one attached hydrogen (secondary N) is 1. The van der Waals surface area contributed by atoms with E-state index in [0.717, 1.165) is 5.56 Å². The molecule has 0 saturated heterocycles. The lowest BCUT2D eigenvalue weighted by Crippen LogP contribution is -2.15. The molecule has 0 saturated carbocycles. The van der Waals surface area contributed by atoms with Crippen molar-refractivity contribution in [2.24, 2.45) is 0 Å². The van der Waals surface area contributed by atoms with Crippen LogP contribution in [0.4, 0.5) is 5.95 Å². The second-order valence-electron chi connectivity index (χ2n) is 6.11. The van der Waals surface area contributed by atoms with Gasteiger partial charge in [0.25, 0.3) is 10.0 Å². The van der Waals surface area contributed by atoms with Gasteiger partial charge in [-0.25, -0.2) is 18.1 Å². The summed E-state index contributed by atoms with van der Waals surface area (Å²) in [5.74, 6) is 0.767. The largest absolute Gasteiger partial charge is 0.438 e. The molecule has 7 heteroatoms. The topological polar surface area (TPSA) is 81.2 Å². The van der Waals surface area contributed by atoms with E-state index in [-0.39, 0.29) is 16.7 Å². The van der Waals surface area contributed by atoms with E-state index >= 15 is 0 Å². The maximum atomic E-state index is 12.6. The van der Waals surface area contributed by atoms with Crippen molar-refractivity contribution in [3.63, 3.8) is 0 Å². The Hall–Kier alpha value is -3.71. The highest BCUT2D eigenvalue weighted by atomic mass is 32.2. The Bertz CT molecular complexity index is 1200. The van der Waals surface area contributed by atoms with Crippen molar-refractivity contribution < 1.29 is 13.2 Å². The summed E-state index contributed by atoms with van der Waals surface area (Å²) < 4.78 is 33.5. The van der Waals surface area contributed by atoms with Crippen molar-refractivity contribution in [1.29, 1.82) is 0 Å². The van der Waals surface area contributed by atoms with Gasteiger partial charge in [0, 0.05) is 6.20 Å². The van der Waals surface area contributed by atoms with Crippen LogP contribution >= 0.6 is 0 Å². The van der Waals surface area contributed by atoms with Crippen molar-refractivity contribution in [2.75, 3.05) is 4.72 Å². The summed E-state index contributed by atoms with van der Waals surface area (Å²) in [7, 11) is -3.81. The molecule has 144 valence electrons. The molecule has 1 heterocycles. The van der Waals surface area contributed by atoms with Crippen molar-refractivity contribution in [3.8, 4) is 22.8 Å². The first-order valence-corrected chi connectivity index (χ1v) is 10.3. The van der Waals surface area contributed by atoms with Crippen LogP contribution in [0.1, 0.15) is 0 Å². The van der Waals surface area contributed by atoms with Crippen molar-refractivity contribution in [1.82, 2.24) is 9.97 Å². The van der Waals surface area contributed by atoms with Crippen molar-refractivity contribution in [2.45, 2.75) is 4.90 Å². The number of rotatable bonds is 6. The lowest BCUT2D eigenvalue weighted by molar-refractivity contribution is 0.464. The minimum atomic E-state index is -3.81. The van der Waals surface area contributed by atoms with E-state index < -0.39 is 10.0 Å². The molecule has 0 amide bonds. The van der Waals surface area contributed by atoms with E-state index in [1.807, 2.05) is 48.5 Å². The summed E-state index contributed by atoms with van der Waals surface area (Å²) in [5.41, 5.74) is 1.51. The van der Waals surface area contributed by atoms with Gasteiger partial charge in [-0.15, -0.1) is 0 Å². The lowest BCUT2D eigenvalue weighted by atomic mass is 10.1. The van der Waals surface area contributed by atoms with Gasteiger partial charge in [0.05, 0.1) is 10.5 Å². The number of hydrogen-bond acceptors (Lipinski definition) is 5. The average Bonchev–Trinajstić information content (AvgIpc) is 2.76. The molecule has 29 heavy (non-hydrogen) atoms. The molecule has 6 nitrogen and oxygen atoms in total. The Labute approximate surface area is 168 Å². The minimum Gasteiger partial charge on any atom is -0.438 e. The fourth-order valence-corrected chi connectivity index (χ4v) is 3.66. The average molecular weight is 403 g/mol. The minimum absolute atomic E-state index is 0.0699. The first-order chi connectivity index (χ1) is 14.1. The smallest absolute Gasteiger partial charge is 0.264 e. The molecule has 0 unspecified atom stereocenters.